The molecule has 2 heterocycles. The van der Waals surface area contributed by atoms with Crippen molar-refractivity contribution in [2.75, 3.05) is 13.1 Å². The summed E-state index contributed by atoms with van der Waals surface area (Å²) in [6.07, 6.45) is 8.41. The number of nitrogens with one attached hydrogen (secondary N) is 2. The molecule has 0 aliphatic carbocycles. The maximum absolute atomic E-state index is 12.5. The second-order valence-electron chi connectivity index (χ2n) is 5.55. The molecule has 5 nitrogen and oxygen atoms in total. The Bertz CT molecular complexity index is 396. The second-order valence-corrected chi connectivity index (χ2v) is 5.55. The summed E-state index contributed by atoms with van der Waals surface area (Å²) in [6, 6.07) is 0.118. The Morgan fingerprint density at radius 3 is 3.05 bits per heavy atom. The molecule has 19 heavy (non-hydrogen) atoms. The summed E-state index contributed by atoms with van der Waals surface area (Å²) >= 11 is 0. The third-order valence-corrected chi connectivity index (χ3v) is 4.05. The topological polar surface area (TPSA) is 59.0 Å². The number of rotatable bonds is 5. The van der Waals surface area contributed by atoms with Gasteiger partial charge in [0.1, 0.15) is 0 Å². The van der Waals surface area contributed by atoms with Crippen LogP contribution in [0.3, 0.4) is 0 Å². The van der Waals surface area contributed by atoms with Gasteiger partial charge in [0.05, 0.1) is 11.7 Å². The number of imidazole rings is 1. The van der Waals surface area contributed by atoms with Crippen molar-refractivity contribution < 1.29 is 4.79 Å². The van der Waals surface area contributed by atoms with Gasteiger partial charge in [-0.15, -0.1) is 0 Å². The lowest BCUT2D eigenvalue weighted by molar-refractivity contribution is -0.133. The normalized spacial score (nSPS) is 24.9. The quantitative estimate of drug-likeness (QED) is 0.839. The zero-order valence-corrected chi connectivity index (χ0v) is 11.9. The number of piperidine rings is 1. The summed E-state index contributed by atoms with van der Waals surface area (Å²) in [7, 11) is 0. The number of hydrogen-bond acceptors (Lipinski definition) is 3. The van der Waals surface area contributed by atoms with Gasteiger partial charge in [-0.1, -0.05) is 6.92 Å². The SMILES string of the molecule is CCC1(C(=O)NC(C)Cn2ccnc2)CCCNC1. The van der Waals surface area contributed by atoms with Gasteiger partial charge in [0.25, 0.3) is 0 Å². The summed E-state index contributed by atoms with van der Waals surface area (Å²) in [6.45, 7) is 6.73. The van der Waals surface area contributed by atoms with E-state index in [9.17, 15) is 4.79 Å². The van der Waals surface area contributed by atoms with E-state index in [2.05, 4.69) is 22.5 Å². The molecule has 106 valence electrons. The lowest BCUT2D eigenvalue weighted by atomic mass is 9.77. The molecule has 2 unspecified atom stereocenters. The van der Waals surface area contributed by atoms with Crippen molar-refractivity contribution in [1.82, 2.24) is 20.2 Å². The molecule has 1 aliphatic rings. The van der Waals surface area contributed by atoms with Crippen LogP contribution in [0.4, 0.5) is 0 Å². The maximum atomic E-state index is 12.5. The van der Waals surface area contributed by atoms with Crippen LogP contribution >= 0.6 is 0 Å². The first-order chi connectivity index (χ1) is 9.16. The van der Waals surface area contributed by atoms with Crippen molar-refractivity contribution in [3.05, 3.63) is 18.7 Å². The Hall–Kier alpha value is -1.36. The first kappa shape index (κ1) is 14.1. The molecule has 1 aromatic heterocycles. The average molecular weight is 264 g/mol. The van der Waals surface area contributed by atoms with Crippen molar-refractivity contribution in [2.24, 2.45) is 5.41 Å². The van der Waals surface area contributed by atoms with Gasteiger partial charge in [0.15, 0.2) is 0 Å². The van der Waals surface area contributed by atoms with Crippen LogP contribution in [0.25, 0.3) is 0 Å². The van der Waals surface area contributed by atoms with E-state index >= 15 is 0 Å². The third kappa shape index (κ3) is 3.35. The van der Waals surface area contributed by atoms with Gasteiger partial charge in [0, 0.05) is 31.5 Å². The van der Waals surface area contributed by atoms with Crippen LogP contribution in [0.1, 0.15) is 33.1 Å². The van der Waals surface area contributed by atoms with Crippen LogP contribution in [-0.4, -0.2) is 34.6 Å². The predicted octanol–water partition coefficient (Wildman–Crippen LogP) is 1.17. The average Bonchev–Trinajstić information content (AvgIpc) is 2.92. The molecule has 0 aromatic carbocycles. The number of carbonyl (C=O) groups excluding carboxylic acids is 1. The molecule has 0 radical (unpaired) electrons. The van der Waals surface area contributed by atoms with Crippen molar-refractivity contribution in [1.29, 1.82) is 0 Å². The maximum Gasteiger partial charge on any atom is 0.227 e. The monoisotopic (exact) mass is 264 g/mol. The van der Waals surface area contributed by atoms with E-state index in [-0.39, 0.29) is 17.4 Å². The minimum absolute atomic E-state index is 0.118. The number of amides is 1. The molecule has 1 amide bonds. The molecule has 2 rings (SSSR count). The third-order valence-electron chi connectivity index (χ3n) is 4.05. The van der Waals surface area contributed by atoms with Gasteiger partial charge in [0.2, 0.25) is 5.91 Å². The van der Waals surface area contributed by atoms with Gasteiger partial charge >= 0.3 is 0 Å². The summed E-state index contributed by atoms with van der Waals surface area (Å²) in [4.78, 5) is 16.5. The minimum atomic E-state index is -0.221. The number of nitrogens with zero attached hydrogens (tertiary/aromatic N) is 2. The zero-order valence-electron chi connectivity index (χ0n) is 11.9. The van der Waals surface area contributed by atoms with E-state index in [0.29, 0.717) is 0 Å². The summed E-state index contributed by atoms with van der Waals surface area (Å²) < 4.78 is 1.99. The fourth-order valence-corrected chi connectivity index (χ4v) is 2.76. The van der Waals surface area contributed by atoms with Crippen molar-refractivity contribution in [3.63, 3.8) is 0 Å². The first-order valence-corrected chi connectivity index (χ1v) is 7.14. The molecule has 0 bridgehead atoms. The summed E-state index contributed by atoms with van der Waals surface area (Å²) in [5.74, 6) is 0.190. The summed E-state index contributed by atoms with van der Waals surface area (Å²) in [5.41, 5.74) is -0.221. The van der Waals surface area contributed by atoms with Crippen LogP contribution < -0.4 is 10.6 Å². The highest BCUT2D eigenvalue weighted by atomic mass is 16.2. The van der Waals surface area contributed by atoms with Gasteiger partial charge in [-0.2, -0.15) is 0 Å². The lowest BCUT2D eigenvalue weighted by Gasteiger charge is -2.36. The smallest absolute Gasteiger partial charge is 0.227 e. The number of aromatic nitrogens is 2. The second kappa shape index (κ2) is 6.19. The van der Waals surface area contributed by atoms with Crippen molar-refractivity contribution in [2.45, 2.75) is 45.7 Å². The van der Waals surface area contributed by atoms with Crippen LogP contribution in [-0.2, 0) is 11.3 Å². The number of carbonyl (C=O) groups is 1. The van der Waals surface area contributed by atoms with E-state index in [1.807, 2.05) is 17.7 Å². The molecule has 2 N–H and O–H groups in total. The van der Waals surface area contributed by atoms with Crippen LogP contribution in [0, 0.1) is 5.41 Å². The van der Waals surface area contributed by atoms with Gasteiger partial charge in [-0.25, -0.2) is 4.98 Å². The Labute approximate surface area is 114 Å². The van der Waals surface area contributed by atoms with Crippen LogP contribution in [0.5, 0.6) is 0 Å². The summed E-state index contributed by atoms with van der Waals surface area (Å²) in [5, 5.41) is 6.50. The largest absolute Gasteiger partial charge is 0.351 e. The predicted molar refractivity (Wildman–Crippen MR) is 74.7 cm³/mol. The molecule has 1 aliphatic heterocycles. The van der Waals surface area contributed by atoms with E-state index in [1.165, 1.54) is 0 Å². The molecule has 1 saturated heterocycles. The molecule has 0 spiro atoms. The standard InChI is InChI=1S/C14H24N4O/c1-3-14(5-4-6-15-10-14)13(19)17-12(2)9-18-8-7-16-11-18/h7-8,11-12,15H,3-6,9-10H2,1-2H3,(H,17,19). The van der Waals surface area contributed by atoms with Gasteiger partial charge in [-0.05, 0) is 32.7 Å². The molecule has 1 fully saturated rings. The highest BCUT2D eigenvalue weighted by Gasteiger charge is 2.38. The van der Waals surface area contributed by atoms with Crippen molar-refractivity contribution >= 4 is 5.91 Å². The number of hydrogen-bond donors (Lipinski definition) is 2. The molecule has 1 aromatic rings. The molecule has 0 saturated carbocycles. The van der Waals surface area contributed by atoms with E-state index in [1.54, 1.807) is 12.5 Å². The Morgan fingerprint density at radius 1 is 1.63 bits per heavy atom. The Balaban J connectivity index is 1.91. The molecule has 5 heteroatoms. The molecular weight excluding hydrogens is 240 g/mol. The zero-order chi connectivity index (χ0) is 13.7. The van der Waals surface area contributed by atoms with E-state index in [0.717, 1.165) is 38.9 Å². The molecule has 2 atom stereocenters. The van der Waals surface area contributed by atoms with Gasteiger partial charge in [-0.3, -0.25) is 4.79 Å². The fourth-order valence-electron chi connectivity index (χ4n) is 2.76. The Kier molecular flexibility index (Phi) is 4.58. The highest BCUT2D eigenvalue weighted by molar-refractivity contribution is 5.83. The first-order valence-electron chi connectivity index (χ1n) is 7.14. The minimum Gasteiger partial charge on any atom is -0.351 e. The van der Waals surface area contributed by atoms with Crippen LogP contribution in [0.2, 0.25) is 0 Å². The van der Waals surface area contributed by atoms with Crippen LogP contribution in [0.15, 0.2) is 18.7 Å². The van der Waals surface area contributed by atoms with Crippen molar-refractivity contribution in [3.8, 4) is 0 Å². The molecular formula is C14H24N4O. The Morgan fingerprint density at radius 2 is 2.47 bits per heavy atom. The van der Waals surface area contributed by atoms with E-state index < -0.39 is 0 Å². The fraction of sp³-hybridized carbons (Fsp3) is 0.714. The lowest BCUT2D eigenvalue weighted by Crippen LogP contribution is -2.52. The highest BCUT2D eigenvalue weighted by Crippen LogP contribution is 2.30. The van der Waals surface area contributed by atoms with Gasteiger partial charge < -0.3 is 15.2 Å². The van der Waals surface area contributed by atoms with E-state index in [4.69, 9.17) is 0 Å².